The lowest BCUT2D eigenvalue weighted by Gasteiger charge is -2.33. The van der Waals surface area contributed by atoms with Gasteiger partial charge in [-0.1, -0.05) is 30.3 Å². The Kier molecular flexibility index (Phi) is 5.19. The van der Waals surface area contributed by atoms with Crippen LogP contribution in [0.2, 0.25) is 0 Å². The second kappa shape index (κ2) is 7.34. The van der Waals surface area contributed by atoms with Crippen LogP contribution in [0.4, 0.5) is 0 Å². The van der Waals surface area contributed by atoms with E-state index in [1.165, 1.54) is 12.8 Å². The predicted octanol–water partition coefficient (Wildman–Crippen LogP) is 1.76. The van der Waals surface area contributed by atoms with Gasteiger partial charge in [0.1, 0.15) is 0 Å². The maximum Gasteiger partial charge on any atom is 0.228 e. The van der Waals surface area contributed by atoms with E-state index >= 15 is 0 Å². The molecule has 0 aliphatic carbocycles. The van der Waals surface area contributed by atoms with Crippen LogP contribution in [0.5, 0.6) is 0 Å². The van der Waals surface area contributed by atoms with Crippen molar-refractivity contribution in [1.82, 2.24) is 14.7 Å². The number of hydrogen-bond acceptors (Lipinski definition) is 3. The molecule has 3 rings (SSSR count). The van der Waals surface area contributed by atoms with Crippen molar-refractivity contribution in [2.24, 2.45) is 5.92 Å². The van der Waals surface area contributed by atoms with E-state index in [1.54, 1.807) is 11.9 Å². The summed E-state index contributed by atoms with van der Waals surface area (Å²) in [7, 11) is 3.66. The Labute approximate surface area is 144 Å². The summed E-state index contributed by atoms with van der Waals surface area (Å²) in [4.78, 5) is 30.7. The van der Waals surface area contributed by atoms with Crippen LogP contribution in [0.25, 0.3) is 0 Å². The van der Waals surface area contributed by atoms with E-state index in [0.29, 0.717) is 13.0 Å². The molecule has 0 spiro atoms. The van der Waals surface area contributed by atoms with Crippen LogP contribution >= 0.6 is 0 Å². The summed E-state index contributed by atoms with van der Waals surface area (Å²) in [6.07, 6.45) is 2.81. The molecule has 2 aliphatic rings. The first-order chi connectivity index (χ1) is 11.6. The second-order valence-electron chi connectivity index (χ2n) is 7.06. The number of likely N-dealkylation sites (N-methyl/N-ethyl adjacent to an activating group) is 1. The van der Waals surface area contributed by atoms with Crippen molar-refractivity contribution in [1.29, 1.82) is 0 Å². The maximum absolute atomic E-state index is 13.0. The Balaban J connectivity index is 1.76. The molecule has 1 aromatic carbocycles. The lowest BCUT2D eigenvalue weighted by molar-refractivity contribution is -0.137. The molecule has 2 amide bonds. The summed E-state index contributed by atoms with van der Waals surface area (Å²) in [5, 5.41) is 0. The van der Waals surface area contributed by atoms with Gasteiger partial charge in [-0.3, -0.25) is 9.59 Å². The van der Waals surface area contributed by atoms with Gasteiger partial charge in [0.05, 0.1) is 12.0 Å². The van der Waals surface area contributed by atoms with E-state index in [0.717, 1.165) is 25.2 Å². The molecule has 1 unspecified atom stereocenters. The molecule has 2 saturated heterocycles. The van der Waals surface area contributed by atoms with Gasteiger partial charge in [-0.25, -0.2) is 0 Å². The number of benzene rings is 1. The predicted molar refractivity (Wildman–Crippen MR) is 93.4 cm³/mol. The van der Waals surface area contributed by atoms with Crippen LogP contribution in [0.1, 0.15) is 30.9 Å². The SMILES string of the molecule is CN1CC(C(=O)N(C)[C@H](CN2CCCC2)c2ccccc2)CC1=O. The summed E-state index contributed by atoms with van der Waals surface area (Å²) in [6.45, 7) is 3.61. The highest BCUT2D eigenvalue weighted by molar-refractivity contribution is 5.89. The fourth-order valence-electron chi connectivity index (χ4n) is 3.81. The first-order valence-corrected chi connectivity index (χ1v) is 8.84. The number of amides is 2. The van der Waals surface area contributed by atoms with Crippen LogP contribution in [-0.4, -0.2) is 66.8 Å². The Bertz CT molecular complexity index is 584. The zero-order chi connectivity index (χ0) is 17.1. The quantitative estimate of drug-likeness (QED) is 0.827. The van der Waals surface area contributed by atoms with Crippen molar-refractivity contribution in [3.05, 3.63) is 35.9 Å². The Morgan fingerprint density at radius 3 is 2.50 bits per heavy atom. The van der Waals surface area contributed by atoms with Gasteiger partial charge in [-0.05, 0) is 31.5 Å². The molecule has 0 N–H and O–H groups in total. The third-order valence-corrected chi connectivity index (χ3v) is 5.32. The topological polar surface area (TPSA) is 43.9 Å². The van der Waals surface area contributed by atoms with E-state index in [2.05, 4.69) is 17.0 Å². The average Bonchev–Trinajstić information content (AvgIpc) is 3.22. The largest absolute Gasteiger partial charge is 0.345 e. The van der Waals surface area contributed by atoms with Gasteiger partial charge in [-0.2, -0.15) is 0 Å². The molecule has 0 radical (unpaired) electrons. The highest BCUT2D eigenvalue weighted by atomic mass is 16.2. The first-order valence-electron chi connectivity index (χ1n) is 8.84. The normalized spacial score (nSPS) is 22.8. The number of carbonyl (C=O) groups excluding carboxylic acids is 2. The van der Waals surface area contributed by atoms with Crippen molar-refractivity contribution in [2.45, 2.75) is 25.3 Å². The van der Waals surface area contributed by atoms with Crippen molar-refractivity contribution >= 4 is 11.8 Å². The van der Waals surface area contributed by atoms with Crippen LogP contribution in [0, 0.1) is 5.92 Å². The summed E-state index contributed by atoms with van der Waals surface area (Å²) >= 11 is 0. The summed E-state index contributed by atoms with van der Waals surface area (Å²) in [6, 6.07) is 10.3. The molecular weight excluding hydrogens is 302 g/mol. The third kappa shape index (κ3) is 3.61. The Hall–Kier alpha value is -1.88. The van der Waals surface area contributed by atoms with Gasteiger partial charge in [-0.15, -0.1) is 0 Å². The lowest BCUT2D eigenvalue weighted by Crippen LogP contribution is -2.41. The fourth-order valence-corrected chi connectivity index (χ4v) is 3.81. The summed E-state index contributed by atoms with van der Waals surface area (Å²) < 4.78 is 0. The molecular formula is C19H27N3O2. The fraction of sp³-hybridized carbons (Fsp3) is 0.579. The highest BCUT2D eigenvalue weighted by Crippen LogP contribution is 2.26. The van der Waals surface area contributed by atoms with Gasteiger partial charge < -0.3 is 14.7 Å². The summed E-state index contributed by atoms with van der Waals surface area (Å²) in [5.41, 5.74) is 1.16. The number of carbonyl (C=O) groups is 2. The van der Waals surface area contributed by atoms with E-state index in [1.807, 2.05) is 30.1 Å². The molecule has 130 valence electrons. The van der Waals surface area contributed by atoms with Gasteiger partial charge in [0.25, 0.3) is 0 Å². The van der Waals surface area contributed by atoms with Crippen LogP contribution < -0.4 is 0 Å². The van der Waals surface area contributed by atoms with Crippen LogP contribution in [0.15, 0.2) is 30.3 Å². The zero-order valence-corrected chi connectivity index (χ0v) is 14.6. The minimum absolute atomic E-state index is 0.0396. The van der Waals surface area contributed by atoms with Crippen molar-refractivity contribution in [3.8, 4) is 0 Å². The van der Waals surface area contributed by atoms with E-state index in [-0.39, 0.29) is 23.8 Å². The first kappa shape index (κ1) is 17.0. The van der Waals surface area contributed by atoms with Crippen LogP contribution in [0.3, 0.4) is 0 Å². The van der Waals surface area contributed by atoms with Gasteiger partial charge in [0, 0.05) is 33.6 Å². The number of rotatable bonds is 5. The number of likely N-dealkylation sites (tertiary alicyclic amines) is 2. The standard InChI is InChI=1S/C19H27N3O2/c1-20-13-16(12-18(20)23)19(24)21(2)17(14-22-10-6-7-11-22)15-8-4-3-5-9-15/h3-5,8-9,16-17H,6-7,10-14H2,1-2H3/t16?,17-/m1/s1. The summed E-state index contributed by atoms with van der Waals surface area (Å²) in [5.74, 6) is -0.0596. The molecule has 1 aromatic rings. The molecule has 5 heteroatoms. The molecule has 2 fully saturated rings. The van der Waals surface area contributed by atoms with E-state index < -0.39 is 0 Å². The number of hydrogen-bond donors (Lipinski definition) is 0. The molecule has 0 bridgehead atoms. The molecule has 2 aliphatic heterocycles. The molecule has 24 heavy (non-hydrogen) atoms. The molecule has 5 nitrogen and oxygen atoms in total. The Morgan fingerprint density at radius 1 is 1.25 bits per heavy atom. The maximum atomic E-state index is 13.0. The van der Waals surface area contributed by atoms with Gasteiger partial charge in [0.2, 0.25) is 11.8 Å². The van der Waals surface area contributed by atoms with Crippen molar-refractivity contribution < 1.29 is 9.59 Å². The third-order valence-electron chi connectivity index (χ3n) is 5.32. The Morgan fingerprint density at radius 2 is 1.92 bits per heavy atom. The minimum Gasteiger partial charge on any atom is -0.345 e. The smallest absolute Gasteiger partial charge is 0.228 e. The average molecular weight is 329 g/mol. The molecule has 2 heterocycles. The van der Waals surface area contributed by atoms with Crippen LogP contribution in [-0.2, 0) is 9.59 Å². The second-order valence-corrected chi connectivity index (χ2v) is 7.06. The van der Waals surface area contributed by atoms with Gasteiger partial charge >= 0.3 is 0 Å². The molecule has 2 atom stereocenters. The highest BCUT2D eigenvalue weighted by Gasteiger charge is 2.36. The lowest BCUT2D eigenvalue weighted by atomic mass is 10.0. The zero-order valence-electron chi connectivity index (χ0n) is 14.6. The van der Waals surface area contributed by atoms with Crippen molar-refractivity contribution in [3.63, 3.8) is 0 Å². The number of nitrogens with zero attached hydrogens (tertiary/aromatic N) is 3. The van der Waals surface area contributed by atoms with Crippen molar-refractivity contribution in [2.75, 3.05) is 40.3 Å². The van der Waals surface area contributed by atoms with E-state index in [4.69, 9.17) is 0 Å². The molecule has 0 aromatic heterocycles. The minimum atomic E-state index is -0.211. The van der Waals surface area contributed by atoms with Gasteiger partial charge in [0.15, 0.2) is 0 Å². The van der Waals surface area contributed by atoms with E-state index in [9.17, 15) is 9.59 Å². The monoisotopic (exact) mass is 329 g/mol. The molecule has 0 saturated carbocycles.